The quantitative estimate of drug-likeness (QED) is 0.380. The van der Waals surface area contributed by atoms with E-state index in [1.54, 1.807) is 0 Å². The topological polar surface area (TPSA) is 57.9 Å². The molecule has 1 aromatic heterocycles. The van der Waals surface area contributed by atoms with Crippen LogP contribution in [0.3, 0.4) is 0 Å². The van der Waals surface area contributed by atoms with Crippen molar-refractivity contribution >= 4 is 35.6 Å². The van der Waals surface area contributed by atoms with E-state index in [1.165, 1.54) is 16.8 Å². The normalized spacial score (nSPS) is 17.1. The number of aryl methyl sites for hydroxylation is 2. The molecule has 1 aliphatic heterocycles. The van der Waals surface area contributed by atoms with Crippen molar-refractivity contribution in [3.63, 3.8) is 0 Å². The highest BCUT2D eigenvalue weighted by atomic mass is 127. The van der Waals surface area contributed by atoms with E-state index in [0.717, 1.165) is 31.2 Å². The van der Waals surface area contributed by atoms with Gasteiger partial charge in [-0.3, -0.25) is 4.68 Å². The van der Waals surface area contributed by atoms with Gasteiger partial charge in [0.2, 0.25) is 0 Å². The van der Waals surface area contributed by atoms with Gasteiger partial charge in [0.25, 0.3) is 0 Å². The SMILES string of the molecule is CCNC(=NCc1ccc(C)cc1N(C)C)N1CCOC(c2cnn(C)c2)C1.I. The Hall–Kier alpha value is -1.81. The number of rotatable bonds is 5. The van der Waals surface area contributed by atoms with Gasteiger partial charge in [-0.05, 0) is 31.0 Å². The van der Waals surface area contributed by atoms with E-state index < -0.39 is 0 Å². The molecule has 2 heterocycles. The molecule has 1 saturated heterocycles. The molecule has 0 amide bonds. The Balaban J connectivity index is 0.00000300. The molecule has 3 rings (SSSR count). The van der Waals surface area contributed by atoms with Crippen LogP contribution in [0.4, 0.5) is 5.69 Å². The summed E-state index contributed by atoms with van der Waals surface area (Å²) in [7, 11) is 6.08. The number of aliphatic imine (C=N–C) groups is 1. The molecule has 0 radical (unpaired) electrons. The molecule has 2 aromatic rings. The maximum atomic E-state index is 5.98. The van der Waals surface area contributed by atoms with Crippen LogP contribution in [0, 0.1) is 6.92 Å². The first-order chi connectivity index (χ1) is 13.5. The maximum Gasteiger partial charge on any atom is 0.194 e. The van der Waals surface area contributed by atoms with E-state index in [4.69, 9.17) is 9.73 Å². The van der Waals surface area contributed by atoms with E-state index in [1.807, 2.05) is 24.1 Å². The van der Waals surface area contributed by atoms with Crippen LogP contribution in [0.1, 0.15) is 29.7 Å². The molecule has 29 heavy (non-hydrogen) atoms. The number of aromatic nitrogens is 2. The second-order valence-electron chi connectivity index (χ2n) is 7.45. The van der Waals surface area contributed by atoms with Crippen LogP contribution in [0.5, 0.6) is 0 Å². The number of hydrogen-bond donors (Lipinski definition) is 1. The number of morpholine rings is 1. The molecule has 1 unspecified atom stereocenters. The Bertz CT molecular complexity index is 819. The van der Waals surface area contributed by atoms with Crippen LogP contribution in [0.15, 0.2) is 35.6 Å². The summed E-state index contributed by atoms with van der Waals surface area (Å²) in [6.45, 7) is 7.98. The minimum atomic E-state index is 0. The summed E-state index contributed by atoms with van der Waals surface area (Å²) in [4.78, 5) is 9.38. The molecule has 1 N–H and O–H groups in total. The Morgan fingerprint density at radius 1 is 1.38 bits per heavy atom. The molecule has 0 spiro atoms. The van der Waals surface area contributed by atoms with Gasteiger partial charge in [-0.25, -0.2) is 4.99 Å². The molecule has 1 aromatic carbocycles. The smallest absolute Gasteiger partial charge is 0.194 e. The maximum absolute atomic E-state index is 5.98. The molecule has 8 heteroatoms. The van der Waals surface area contributed by atoms with Gasteiger partial charge < -0.3 is 19.9 Å². The van der Waals surface area contributed by atoms with Crippen LogP contribution in [0.2, 0.25) is 0 Å². The highest BCUT2D eigenvalue weighted by Crippen LogP contribution is 2.23. The second-order valence-corrected chi connectivity index (χ2v) is 7.45. The number of anilines is 1. The lowest BCUT2D eigenvalue weighted by Gasteiger charge is -2.34. The monoisotopic (exact) mass is 512 g/mol. The minimum absolute atomic E-state index is 0. The highest BCUT2D eigenvalue weighted by molar-refractivity contribution is 14.0. The molecular weight excluding hydrogens is 479 g/mol. The molecule has 1 aliphatic rings. The van der Waals surface area contributed by atoms with Crippen molar-refractivity contribution in [1.29, 1.82) is 0 Å². The first-order valence-electron chi connectivity index (χ1n) is 9.88. The fourth-order valence-electron chi connectivity index (χ4n) is 3.46. The Morgan fingerprint density at radius 2 is 2.17 bits per heavy atom. The van der Waals surface area contributed by atoms with Crippen molar-refractivity contribution < 1.29 is 4.74 Å². The lowest BCUT2D eigenvalue weighted by atomic mass is 10.1. The van der Waals surface area contributed by atoms with Crippen molar-refractivity contribution in [3.05, 3.63) is 47.3 Å². The summed E-state index contributed by atoms with van der Waals surface area (Å²) < 4.78 is 7.79. The van der Waals surface area contributed by atoms with Gasteiger partial charge in [0.15, 0.2) is 5.96 Å². The fraction of sp³-hybridized carbons (Fsp3) is 0.524. The minimum Gasteiger partial charge on any atom is -0.377 e. The van der Waals surface area contributed by atoms with Crippen molar-refractivity contribution in [1.82, 2.24) is 20.0 Å². The molecule has 0 saturated carbocycles. The first kappa shape index (κ1) is 23.5. The predicted octanol–water partition coefficient (Wildman–Crippen LogP) is 2.95. The summed E-state index contributed by atoms with van der Waals surface area (Å²) in [6.07, 6.45) is 3.92. The van der Waals surface area contributed by atoms with Gasteiger partial charge in [0.1, 0.15) is 6.10 Å². The van der Waals surface area contributed by atoms with Gasteiger partial charge in [0.05, 0.1) is 25.9 Å². The molecule has 160 valence electrons. The molecule has 0 aliphatic carbocycles. The number of nitrogens with one attached hydrogen (secondary N) is 1. The third-order valence-electron chi connectivity index (χ3n) is 4.92. The first-order valence-corrected chi connectivity index (χ1v) is 9.88. The molecule has 1 atom stereocenters. The van der Waals surface area contributed by atoms with Crippen molar-refractivity contribution in [3.8, 4) is 0 Å². The van der Waals surface area contributed by atoms with Crippen LogP contribution < -0.4 is 10.2 Å². The van der Waals surface area contributed by atoms with E-state index in [9.17, 15) is 0 Å². The zero-order chi connectivity index (χ0) is 20.1. The van der Waals surface area contributed by atoms with Gasteiger partial charge in [-0.2, -0.15) is 5.10 Å². The van der Waals surface area contributed by atoms with Crippen molar-refractivity contribution in [2.75, 3.05) is 45.2 Å². The third-order valence-corrected chi connectivity index (χ3v) is 4.92. The van der Waals surface area contributed by atoms with Gasteiger partial charge >= 0.3 is 0 Å². The number of nitrogens with zero attached hydrogens (tertiary/aromatic N) is 5. The van der Waals surface area contributed by atoms with Crippen LogP contribution in [-0.4, -0.2) is 61.0 Å². The molecule has 7 nitrogen and oxygen atoms in total. The van der Waals surface area contributed by atoms with Gasteiger partial charge in [-0.1, -0.05) is 12.1 Å². The van der Waals surface area contributed by atoms with Crippen LogP contribution in [-0.2, 0) is 18.3 Å². The van der Waals surface area contributed by atoms with Gasteiger partial charge in [-0.15, -0.1) is 24.0 Å². The largest absolute Gasteiger partial charge is 0.377 e. The lowest BCUT2D eigenvalue weighted by molar-refractivity contribution is -0.00805. The lowest BCUT2D eigenvalue weighted by Crippen LogP contribution is -2.48. The molecule has 1 fully saturated rings. The van der Waals surface area contributed by atoms with E-state index in [0.29, 0.717) is 13.2 Å². The third kappa shape index (κ3) is 6.08. The summed E-state index contributed by atoms with van der Waals surface area (Å²) in [5, 5.41) is 7.72. The zero-order valence-corrected chi connectivity index (χ0v) is 20.4. The predicted molar refractivity (Wildman–Crippen MR) is 129 cm³/mol. The van der Waals surface area contributed by atoms with E-state index in [2.05, 4.69) is 66.4 Å². The van der Waals surface area contributed by atoms with Crippen LogP contribution in [0.25, 0.3) is 0 Å². The average Bonchev–Trinajstić information content (AvgIpc) is 3.12. The Labute approximate surface area is 191 Å². The number of halogens is 1. The number of ether oxygens (including phenoxy) is 1. The Kier molecular flexibility index (Phi) is 8.76. The number of hydrogen-bond acceptors (Lipinski definition) is 4. The van der Waals surface area contributed by atoms with Crippen molar-refractivity contribution in [2.24, 2.45) is 12.0 Å². The van der Waals surface area contributed by atoms with Gasteiger partial charge in [0, 0.05) is 51.7 Å². The second kappa shape index (κ2) is 10.8. The van der Waals surface area contributed by atoms with E-state index in [-0.39, 0.29) is 30.1 Å². The molecular formula is C21H33IN6O. The van der Waals surface area contributed by atoms with Crippen LogP contribution >= 0.6 is 24.0 Å². The van der Waals surface area contributed by atoms with Crippen molar-refractivity contribution in [2.45, 2.75) is 26.5 Å². The standard InChI is InChI=1S/C21H32N6O.HI/c1-6-22-21(23-12-17-8-7-16(2)11-19(17)25(3)4)27-9-10-28-20(15-27)18-13-24-26(5)14-18;/h7-8,11,13-14,20H,6,9-10,12,15H2,1-5H3,(H,22,23);1H. The summed E-state index contributed by atoms with van der Waals surface area (Å²) in [6, 6.07) is 6.54. The summed E-state index contributed by atoms with van der Waals surface area (Å²) >= 11 is 0. The zero-order valence-electron chi connectivity index (χ0n) is 18.1. The number of guanidine groups is 1. The average molecular weight is 512 g/mol. The fourth-order valence-corrected chi connectivity index (χ4v) is 3.46. The summed E-state index contributed by atoms with van der Waals surface area (Å²) in [5.41, 5.74) is 4.81. The Morgan fingerprint density at radius 3 is 2.83 bits per heavy atom. The number of benzene rings is 1. The van der Waals surface area contributed by atoms with E-state index >= 15 is 0 Å². The summed E-state index contributed by atoms with van der Waals surface area (Å²) in [5.74, 6) is 0.935. The highest BCUT2D eigenvalue weighted by Gasteiger charge is 2.25. The molecule has 0 bridgehead atoms.